The lowest BCUT2D eigenvalue weighted by molar-refractivity contribution is -0.129. The quantitative estimate of drug-likeness (QED) is 0.315. The fourth-order valence-electron chi connectivity index (χ4n) is 3.62. The van der Waals surface area contributed by atoms with Crippen molar-refractivity contribution in [1.29, 1.82) is 0 Å². The summed E-state index contributed by atoms with van der Waals surface area (Å²) in [6.07, 6.45) is 1.58. The van der Waals surface area contributed by atoms with E-state index < -0.39 is 0 Å². The highest BCUT2D eigenvalue weighted by molar-refractivity contribution is 14.0. The molecule has 2 aliphatic rings. The van der Waals surface area contributed by atoms with Gasteiger partial charge in [0.25, 0.3) is 0 Å². The lowest BCUT2D eigenvalue weighted by Gasteiger charge is -2.33. The molecule has 2 atom stereocenters. The number of carbonyl (C=O) groups is 1. The number of likely N-dealkylation sites (tertiary alicyclic amines) is 1. The van der Waals surface area contributed by atoms with E-state index in [1.807, 2.05) is 11.8 Å². The molecule has 8 heteroatoms. The van der Waals surface area contributed by atoms with Gasteiger partial charge in [-0.05, 0) is 26.3 Å². The Balaban J connectivity index is 0.00000364. The molecule has 27 heavy (non-hydrogen) atoms. The zero-order chi connectivity index (χ0) is 18.9. The van der Waals surface area contributed by atoms with Gasteiger partial charge in [-0.1, -0.05) is 13.8 Å². The highest BCUT2D eigenvalue weighted by atomic mass is 127. The number of piperazine rings is 1. The molecule has 1 amide bonds. The van der Waals surface area contributed by atoms with E-state index in [0.717, 1.165) is 71.3 Å². The molecule has 2 unspecified atom stereocenters. The van der Waals surface area contributed by atoms with E-state index in [1.165, 1.54) is 0 Å². The summed E-state index contributed by atoms with van der Waals surface area (Å²) in [4.78, 5) is 23.5. The number of guanidine groups is 1. The van der Waals surface area contributed by atoms with Gasteiger partial charge < -0.3 is 25.3 Å². The third-order valence-electron chi connectivity index (χ3n) is 5.26. The minimum atomic E-state index is 0. The van der Waals surface area contributed by atoms with Crippen LogP contribution in [0, 0.1) is 5.92 Å². The molecule has 7 nitrogen and oxygen atoms in total. The number of hydrogen-bond donors (Lipinski definition) is 2. The van der Waals surface area contributed by atoms with Crippen LogP contribution >= 0.6 is 24.0 Å². The van der Waals surface area contributed by atoms with Crippen molar-refractivity contribution in [2.24, 2.45) is 10.9 Å². The van der Waals surface area contributed by atoms with E-state index in [1.54, 1.807) is 0 Å². The van der Waals surface area contributed by atoms with E-state index >= 15 is 0 Å². The lowest BCUT2D eigenvalue weighted by Crippen LogP contribution is -2.46. The SMILES string of the molecule is CCNC(=NCC(C)CN1CCN(C)CC1)NC1CCN(C(=O)CC)C1.I. The molecular weight excluding hydrogens is 455 g/mol. The molecule has 0 spiro atoms. The number of likely N-dealkylation sites (N-methyl/N-ethyl adjacent to an activating group) is 1. The second kappa shape index (κ2) is 12.8. The third-order valence-corrected chi connectivity index (χ3v) is 5.26. The van der Waals surface area contributed by atoms with Crippen molar-refractivity contribution in [3.63, 3.8) is 0 Å². The first kappa shape index (κ1) is 24.4. The van der Waals surface area contributed by atoms with Crippen molar-refractivity contribution < 1.29 is 4.79 Å². The average Bonchev–Trinajstić information content (AvgIpc) is 3.10. The fraction of sp³-hybridized carbons (Fsp3) is 0.895. The number of rotatable bonds is 7. The lowest BCUT2D eigenvalue weighted by atomic mass is 10.1. The molecular formula is C19H39IN6O. The zero-order valence-electron chi connectivity index (χ0n) is 17.5. The van der Waals surface area contributed by atoms with Crippen LogP contribution in [0.25, 0.3) is 0 Å². The second-order valence-corrected chi connectivity index (χ2v) is 7.75. The number of nitrogens with one attached hydrogen (secondary N) is 2. The van der Waals surface area contributed by atoms with Gasteiger partial charge in [-0.15, -0.1) is 24.0 Å². The van der Waals surface area contributed by atoms with Crippen molar-refractivity contribution in [3.8, 4) is 0 Å². The number of carbonyl (C=O) groups excluding carboxylic acids is 1. The van der Waals surface area contributed by atoms with Crippen molar-refractivity contribution >= 4 is 35.8 Å². The number of nitrogens with zero attached hydrogens (tertiary/aromatic N) is 4. The summed E-state index contributed by atoms with van der Waals surface area (Å²) in [7, 11) is 2.19. The maximum atomic E-state index is 11.8. The summed E-state index contributed by atoms with van der Waals surface area (Å²) in [5.41, 5.74) is 0. The molecule has 158 valence electrons. The normalized spacial score (nSPS) is 23.0. The second-order valence-electron chi connectivity index (χ2n) is 7.75. The molecule has 0 aromatic heterocycles. The number of hydrogen-bond acceptors (Lipinski definition) is 4. The first-order valence-corrected chi connectivity index (χ1v) is 10.2. The molecule has 0 aromatic carbocycles. The largest absolute Gasteiger partial charge is 0.357 e. The Morgan fingerprint density at radius 1 is 1.19 bits per heavy atom. The molecule has 2 aliphatic heterocycles. The molecule has 2 fully saturated rings. The summed E-state index contributed by atoms with van der Waals surface area (Å²) in [6.45, 7) is 15.4. The topological polar surface area (TPSA) is 63.2 Å². The summed E-state index contributed by atoms with van der Waals surface area (Å²) >= 11 is 0. The zero-order valence-corrected chi connectivity index (χ0v) is 19.9. The molecule has 2 heterocycles. The van der Waals surface area contributed by atoms with Crippen LogP contribution in [0.2, 0.25) is 0 Å². The van der Waals surface area contributed by atoms with Gasteiger partial charge in [-0.25, -0.2) is 0 Å². The number of aliphatic imine (C=N–C) groups is 1. The Kier molecular flexibility index (Phi) is 11.6. The predicted molar refractivity (Wildman–Crippen MR) is 123 cm³/mol. The van der Waals surface area contributed by atoms with E-state index in [9.17, 15) is 4.79 Å². The van der Waals surface area contributed by atoms with Crippen molar-refractivity contribution in [3.05, 3.63) is 0 Å². The van der Waals surface area contributed by atoms with Gasteiger partial charge in [0.05, 0.1) is 0 Å². The number of amides is 1. The monoisotopic (exact) mass is 494 g/mol. The molecule has 0 radical (unpaired) electrons. The number of halogens is 1. The first-order chi connectivity index (χ1) is 12.5. The summed E-state index contributed by atoms with van der Waals surface area (Å²) in [5.74, 6) is 1.67. The smallest absolute Gasteiger partial charge is 0.222 e. The molecule has 0 aliphatic carbocycles. The maximum Gasteiger partial charge on any atom is 0.222 e. The van der Waals surface area contributed by atoms with E-state index in [0.29, 0.717) is 18.4 Å². The van der Waals surface area contributed by atoms with E-state index in [2.05, 4.69) is 41.3 Å². The minimum absolute atomic E-state index is 0. The molecule has 2 N–H and O–H groups in total. The Hall–Kier alpha value is -0.610. The molecule has 0 bridgehead atoms. The molecule has 0 saturated carbocycles. The van der Waals surface area contributed by atoms with Crippen molar-refractivity contribution in [2.45, 2.75) is 39.7 Å². The van der Waals surface area contributed by atoms with Crippen LogP contribution < -0.4 is 10.6 Å². The van der Waals surface area contributed by atoms with Gasteiger partial charge in [0.2, 0.25) is 5.91 Å². The van der Waals surface area contributed by atoms with Crippen LogP contribution in [0.3, 0.4) is 0 Å². The Labute approximate surface area is 182 Å². The maximum absolute atomic E-state index is 11.8. The van der Waals surface area contributed by atoms with Crippen LogP contribution in [-0.2, 0) is 4.79 Å². The van der Waals surface area contributed by atoms with Gasteiger partial charge in [0, 0.05) is 71.4 Å². The van der Waals surface area contributed by atoms with E-state index in [-0.39, 0.29) is 29.9 Å². The van der Waals surface area contributed by atoms with Crippen molar-refractivity contribution in [1.82, 2.24) is 25.3 Å². The first-order valence-electron chi connectivity index (χ1n) is 10.2. The van der Waals surface area contributed by atoms with Gasteiger partial charge in [0.15, 0.2) is 5.96 Å². The Morgan fingerprint density at radius 3 is 2.52 bits per heavy atom. The summed E-state index contributed by atoms with van der Waals surface area (Å²) in [5, 5.41) is 6.86. The fourth-order valence-corrected chi connectivity index (χ4v) is 3.62. The van der Waals surface area contributed by atoms with Crippen LogP contribution in [0.15, 0.2) is 4.99 Å². The van der Waals surface area contributed by atoms with Crippen LogP contribution in [0.1, 0.15) is 33.6 Å². The van der Waals surface area contributed by atoms with Gasteiger partial charge >= 0.3 is 0 Å². The van der Waals surface area contributed by atoms with Crippen molar-refractivity contribution in [2.75, 3.05) is 66.0 Å². The summed E-state index contributed by atoms with van der Waals surface area (Å²) in [6, 6.07) is 0.302. The molecule has 2 saturated heterocycles. The highest BCUT2D eigenvalue weighted by Crippen LogP contribution is 2.10. The molecule has 0 aromatic rings. The third kappa shape index (κ3) is 8.51. The van der Waals surface area contributed by atoms with Crippen LogP contribution in [-0.4, -0.2) is 98.6 Å². The molecule has 2 rings (SSSR count). The van der Waals surface area contributed by atoms with E-state index in [4.69, 9.17) is 4.99 Å². The summed E-state index contributed by atoms with van der Waals surface area (Å²) < 4.78 is 0. The minimum Gasteiger partial charge on any atom is -0.357 e. The van der Waals surface area contributed by atoms with Gasteiger partial charge in [0.1, 0.15) is 0 Å². The predicted octanol–water partition coefficient (Wildman–Crippen LogP) is 1.05. The average molecular weight is 494 g/mol. The Morgan fingerprint density at radius 2 is 1.89 bits per heavy atom. The Bertz CT molecular complexity index is 467. The van der Waals surface area contributed by atoms with Crippen LogP contribution in [0.4, 0.5) is 0 Å². The standard InChI is InChI=1S/C19H38N6O.HI/c1-5-18(26)25-8-7-17(15-25)22-19(20-6-2)21-13-16(3)14-24-11-9-23(4)10-12-24;/h16-17H,5-15H2,1-4H3,(H2,20,21,22);1H. The van der Waals surface area contributed by atoms with Crippen LogP contribution in [0.5, 0.6) is 0 Å². The van der Waals surface area contributed by atoms with Gasteiger partial charge in [-0.2, -0.15) is 0 Å². The highest BCUT2D eigenvalue weighted by Gasteiger charge is 2.25. The van der Waals surface area contributed by atoms with Gasteiger partial charge in [-0.3, -0.25) is 9.79 Å².